The largest absolute Gasteiger partial charge is 0.485 e. The summed E-state index contributed by atoms with van der Waals surface area (Å²) in [5.41, 5.74) is -2.74. The van der Waals surface area contributed by atoms with E-state index in [2.05, 4.69) is 9.47 Å². The molecule has 0 amide bonds. The predicted octanol–water partition coefficient (Wildman–Crippen LogP) is 1.43. The van der Waals surface area contributed by atoms with Crippen LogP contribution in [0.4, 0.5) is 17.1 Å². The third kappa shape index (κ3) is 2.34. The van der Waals surface area contributed by atoms with Crippen molar-refractivity contribution in [2.45, 2.75) is 0 Å². The van der Waals surface area contributed by atoms with Crippen LogP contribution in [0.25, 0.3) is 0 Å². The highest BCUT2D eigenvalue weighted by Crippen LogP contribution is 2.48. The molecule has 0 bridgehead atoms. The fourth-order valence-electron chi connectivity index (χ4n) is 1.45. The molecular weight excluding hydrogens is 266 g/mol. The molecule has 0 aliphatic rings. The lowest BCUT2D eigenvalue weighted by molar-refractivity contribution is -0.405. The minimum absolute atomic E-state index is 0.546. The molecule has 0 radical (unpaired) electrons. The van der Waals surface area contributed by atoms with Gasteiger partial charge in [0.1, 0.15) is 6.07 Å². The van der Waals surface area contributed by atoms with Gasteiger partial charge in [0, 0.05) is 0 Å². The smallest absolute Gasteiger partial charge is 0.366 e. The molecule has 0 atom stereocenters. The lowest BCUT2D eigenvalue weighted by Crippen LogP contribution is -2.04. The van der Waals surface area contributed by atoms with Crippen LogP contribution >= 0.6 is 0 Å². The molecule has 0 saturated heterocycles. The number of ether oxygens (including phenoxy) is 2. The van der Waals surface area contributed by atoms with Gasteiger partial charge >= 0.3 is 17.1 Å². The Kier molecular flexibility index (Phi) is 3.79. The fraction of sp³-hybridized carbons (Fsp3) is 0.250. The van der Waals surface area contributed by atoms with Gasteiger partial charge in [0.2, 0.25) is 0 Å². The first-order chi connectivity index (χ1) is 8.84. The maximum Gasteiger partial charge on any atom is 0.366 e. The second-order valence-electron chi connectivity index (χ2n) is 3.10. The van der Waals surface area contributed by atoms with Crippen molar-refractivity contribution in [2.75, 3.05) is 14.2 Å². The Morgan fingerprint density at radius 2 is 1.21 bits per heavy atom. The van der Waals surface area contributed by atoms with E-state index in [1.165, 1.54) is 0 Å². The van der Waals surface area contributed by atoms with Gasteiger partial charge in [-0.15, -0.1) is 0 Å². The monoisotopic (exact) mass is 273 g/mol. The van der Waals surface area contributed by atoms with Gasteiger partial charge in [-0.2, -0.15) is 0 Å². The van der Waals surface area contributed by atoms with Crippen LogP contribution in [0.3, 0.4) is 0 Å². The molecule has 0 aliphatic heterocycles. The van der Waals surface area contributed by atoms with E-state index in [4.69, 9.17) is 0 Å². The standard InChI is InChI=1S/C8H7N3O8/c1-18-7-4(9(12)13)3-5(10(14)15)8(19-2)6(7)11(16)17/h3H,1-2H3. The van der Waals surface area contributed by atoms with Crippen molar-refractivity contribution >= 4 is 17.1 Å². The van der Waals surface area contributed by atoms with E-state index in [9.17, 15) is 30.3 Å². The molecule has 0 heterocycles. The Morgan fingerprint density at radius 3 is 1.42 bits per heavy atom. The molecule has 0 N–H and O–H groups in total. The zero-order chi connectivity index (χ0) is 14.7. The lowest BCUT2D eigenvalue weighted by atomic mass is 10.2. The van der Waals surface area contributed by atoms with Crippen LogP contribution in [0.2, 0.25) is 0 Å². The number of hydrogen-bond acceptors (Lipinski definition) is 8. The minimum atomic E-state index is -1.04. The average molecular weight is 273 g/mol. The Morgan fingerprint density at radius 1 is 0.842 bits per heavy atom. The summed E-state index contributed by atoms with van der Waals surface area (Å²) in [6, 6.07) is 0.546. The van der Waals surface area contributed by atoms with Gasteiger partial charge in [0.05, 0.1) is 29.0 Å². The lowest BCUT2D eigenvalue weighted by Gasteiger charge is -2.07. The highest BCUT2D eigenvalue weighted by atomic mass is 16.6. The molecule has 1 aromatic carbocycles. The summed E-state index contributed by atoms with van der Waals surface area (Å²) in [6.45, 7) is 0. The molecule has 11 heteroatoms. The number of nitrogens with zero attached hydrogens (tertiary/aromatic N) is 3. The van der Waals surface area contributed by atoms with Gasteiger partial charge in [-0.3, -0.25) is 30.3 Å². The van der Waals surface area contributed by atoms with Gasteiger partial charge in [-0.05, 0) is 0 Å². The first-order valence-electron chi connectivity index (χ1n) is 4.57. The highest BCUT2D eigenvalue weighted by Gasteiger charge is 2.38. The number of methoxy groups -OCH3 is 2. The quantitative estimate of drug-likeness (QED) is 0.577. The zero-order valence-electron chi connectivity index (χ0n) is 9.68. The van der Waals surface area contributed by atoms with E-state index in [1.54, 1.807) is 0 Å². The number of benzene rings is 1. The molecule has 0 saturated carbocycles. The number of rotatable bonds is 5. The van der Waals surface area contributed by atoms with Crippen molar-refractivity contribution in [2.24, 2.45) is 0 Å². The first-order valence-corrected chi connectivity index (χ1v) is 4.57. The van der Waals surface area contributed by atoms with E-state index >= 15 is 0 Å². The Hall–Kier alpha value is -2.98. The van der Waals surface area contributed by atoms with Crippen LogP contribution < -0.4 is 9.47 Å². The molecule has 0 unspecified atom stereocenters. The van der Waals surface area contributed by atoms with Gasteiger partial charge in [-0.25, -0.2) is 0 Å². The van der Waals surface area contributed by atoms with Crippen LogP contribution in [0.15, 0.2) is 6.07 Å². The fourth-order valence-corrected chi connectivity index (χ4v) is 1.45. The second-order valence-corrected chi connectivity index (χ2v) is 3.10. The van der Waals surface area contributed by atoms with Crippen molar-refractivity contribution in [1.29, 1.82) is 0 Å². The SMILES string of the molecule is COc1c([N+](=O)[O-])cc([N+](=O)[O-])c(OC)c1[N+](=O)[O-]. The maximum absolute atomic E-state index is 10.9. The molecule has 0 spiro atoms. The number of hydrogen-bond donors (Lipinski definition) is 0. The molecular formula is C8H7N3O8. The molecule has 1 rings (SSSR count). The molecule has 0 aliphatic carbocycles. The summed E-state index contributed by atoms with van der Waals surface area (Å²) in [5, 5.41) is 32.4. The summed E-state index contributed by atoms with van der Waals surface area (Å²) in [6.07, 6.45) is 0. The van der Waals surface area contributed by atoms with Crippen molar-refractivity contribution in [3.8, 4) is 11.5 Å². The molecule has 0 aromatic heterocycles. The van der Waals surface area contributed by atoms with Crippen molar-refractivity contribution < 1.29 is 24.2 Å². The second kappa shape index (κ2) is 5.12. The number of nitro groups is 3. The number of nitro benzene ring substituents is 3. The van der Waals surface area contributed by atoms with E-state index in [0.717, 1.165) is 14.2 Å². The molecule has 0 fully saturated rings. The van der Waals surface area contributed by atoms with Crippen molar-refractivity contribution in [1.82, 2.24) is 0 Å². The first kappa shape index (κ1) is 14.1. The Labute approximate surface area is 104 Å². The highest BCUT2D eigenvalue weighted by molar-refractivity contribution is 5.74. The van der Waals surface area contributed by atoms with Gasteiger partial charge < -0.3 is 9.47 Å². The maximum atomic E-state index is 10.9. The molecule has 11 nitrogen and oxygen atoms in total. The third-order valence-corrected chi connectivity index (χ3v) is 2.15. The normalized spacial score (nSPS) is 9.79. The van der Waals surface area contributed by atoms with E-state index in [1.807, 2.05) is 0 Å². The summed E-state index contributed by atoms with van der Waals surface area (Å²) in [4.78, 5) is 29.4. The third-order valence-electron chi connectivity index (χ3n) is 2.15. The van der Waals surface area contributed by atoms with Crippen LogP contribution in [0.5, 0.6) is 11.5 Å². The zero-order valence-corrected chi connectivity index (χ0v) is 9.68. The van der Waals surface area contributed by atoms with Crippen molar-refractivity contribution in [3.05, 3.63) is 36.4 Å². The van der Waals surface area contributed by atoms with E-state index in [-0.39, 0.29) is 0 Å². The van der Waals surface area contributed by atoms with Crippen molar-refractivity contribution in [3.63, 3.8) is 0 Å². The Bertz CT molecular complexity index is 529. The van der Waals surface area contributed by atoms with Gasteiger partial charge in [0.25, 0.3) is 11.5 Å². The summed E-state index contributed by atoms with van der Waals surface area (Å²) >= 11 is 0. The molecule has 19 heavy (non-hydrogen) atoms. The van der Waals surface area contributed by atoms with Crippen LogP contribution in [-0.2, 0) is 0 Å². The van der Waals surface area contributed by atoms with Crippen LogP contribution in [0.1, 0.15) is 0 Å². The topological polar surface area (TPSA) is 148 Å². The Balaban J connectivity index is 3.87. The summed E-state index contributed by atoms with van der Waals surface area (Å²) < 4.78 is 9.18. The summed E-state index contributed by atoms with van der Waals surface area (Å²) in [7, 11) is 1.95. The van der Waals surface area contributed by atoms with Crippen LogP contribution in [0, 0.1) is 30.3 Å². The predicted molar refractivity (Wildman–Crippen MR) is 59.5 cm³/mol. The minimum Gasteiger partial charge on any atom is -0.485 e. The van der Waals surface area contributed by atoms with Gasteiger partial charge in [-0.1, -0.05) is 0 Å². The average Bonchev–Trinajstić information content (AvgIpc) is 2.35. The molecule has 102 valence electrons. The van der Waals surface area contributed by atoms with E-state index in [0.29, 0.717) is 6.07 Å². The van der Waals surface area contributed by atoms with E-state index < -0.39 is 43.3 Å². The molecule has 1 aromatic rings. The van der Waals surface area contributed by atoms with Gasteiger partial charge in [0.15, 0.2) is 0 Å². The summed E-state index contributed by atoms with van der Waals surface area (Å²) in [5.74, 6) is -1.42. The van der Waals surface area contributed by atoms with Crippen LogP contribution in [-0.4, -0.2) is 29.0 Å².